The van der Waals surface area contributed by atoms with Crippen molar-refractivity contribution in [3.63, 3.8) is 0 Å². The predicted molar refractivity (Wildman–Crippen MR) is 104 cm³/mol. The zero-order valence-electron chi connectivity index (χ0n) is 15.7. The lowest BCUT2D eigenvalue weighted by atomic mass is 10.1. The number of aryl methyl sites for hydroxylation is 1. The third kappa shape index (κ3) is 3.95. The average molecular weight is 414 g/mol. The van der Waals surface area contributed by atoms with E-state index in [1.807, 2.05) is 0 Å². The number of rotatable bonds is 0. The highest BCUT2D eigenvalue weighted by molar-refractivity contribution is 5.79. The number of nitrogens with zero attached hydrogens (tertiary/aromatic N) is 2. The van der Waals surface area contributed by atoms with E-state index in [1.54, 1.807) is 12.1 Å². The summed E-state index contributed by atoms with van der Waals surface area (Å²) >= 11 is 0. The van der Waals surface area contributed by atoms with E-state index >= 15 is 0 Å². The van der Waals surface area contributed by atoms with Gasteiger partial charge in [-0.2, -0.15) is 13.2 Å². The average Bonchev–Trinajstić information content (AvgIpc) is 2.84. The summed E-state index contributed by atoms with van der Waals surface area (Å²) in [4.78, 5) is 17.2. The van der Waals surface area contributed by atoms with E-state index < -0.39 is 17.5 Å². The van der Waals surface area contributed by atoms with E-state index in [1.165, 1.54) is 28.8 Å². The largest absolute Gasteiger partial charge is 0.417 e. The van der Waals surface area contributed by atoms with Crippen LogP contribution in [0.5, 0.6) is 0 Å². The van der Waals surface area contributed by atoms with E-state index in [4.69, 9.17) is 0 Å². The molecule has 5 nitrogen and oxygen atoms in total. The van der Waals surface area contributed by atoms with Crippen LogP contribution in [0.1, 0.15) is 35.4 Å². The van der Waals surface area contributed by atoms with Crippen molar-refractivity contribution < 1.29 is 23.4 Å². The Morgan fingerprint density at radius 3 is 2.60 bits per heavy atom. The molecule has 4 rings (SSSR count). The molecule has 0 fully saturated rings. The molecule has 2 N–H and O–H groups in total. The lowest BCUT2D eigenvalue weighted by molar-refractivity contribution is -0.169. The Balaban J connectivity index is 1.75. The topological polar surface area (TPSA) is 75.4 Å². The van der Waals surface area contributed by atoms with E-state index in [9.17, 15) is 28.2 Å². The normalized spacial score (nSPS) is 15.8. The molecule has 3 aromatic rings. The molecule has 154 valence electrons. The Morgan fingerprint density at radius 2 is 1.83 bits per heavy atom. The van der Waals surface area contributed by atoms with Crippen LogP contribution >= 0.6 is 0 Å². The summed E-state index contributed by atoms with van der Waals surface area (Å²) in [7, 11) is 0. The smallest absolute Gasteiger partial charge is 0.366 e. The Labute approximate surface area is 169 Å². The second kappa shape index (κ2) is 7.27. The van der Waals surface area contributed by atoms with Gasteiger partial charge in [0.05, 0.1) is 16.5 Å². The summed E-state index contributed by atoms with van der Waals surface area (Å²) in [5, 5.41) is 20.1. The van der Waals surface area contributed by atoms with Crippen molar-refractivity contribution in [3.8, 4) is 11.8 Å². The number of hydrogen-bond acceptors (Lipinski definition) is 4. The van der Waals surface area contributed by atoms with Gasteiger partial charge in [-0.25, -0.2) is 4.98 Å². The molecule has 0 unspecified atom stereocenters. The molecule has 1 aromatic heterocycles. The molecule has 0 spiro atoms. The first-order valence-electron chi connectivity index (χ1n) is 9.30. The molecule has 0 radical (unpaired) electrons. The summed E-state index contributed by atoms with van der Waals surface area (Å²) in [6.07, 6.45) is -4.21. The van der Waals surface area contributed by atoms with Crippen LogP contribution in [0.4, 0.5) is 13.2 Å². The molecule has 8 heteroatoms. The fourth-order valence-electron chi connectivity index (χ4n) is 3.47. The summed E-state index contributed by atoms with van der Waals surface area (Å²) in [5.41, 5.74) is -0.456. The summed E-state index contributed by atoms with van der Waals surface area (Å²) in [6.45, 7) is 0.139. The second-order valence-electron chi connectivity index (χ2n) is 7.24. The molecule has 0 saturated heterocycles. The number of aliphatic hydroxyl groups is 2. The maximum Gasteiger partial charge on any atom is 0.417 e. The number of aromatic nitrogens is 2. The van der Waals surface area contributed by atoms with Gasteiger partial charge < -0.3 is 10.2 Å². The molecule has 0 amide bonds. The van der Waals surface area contributed by atoms with Crippen molar-refractivity contribution in [2.24, 2.45) is 0 Å². The van der Waals surface area contributed by atoms with E-state index in [0.717, 1.165) is 6.07 Å². The van der Waals surface area contributed by atoms with Crippen LogP contribution in [0.25, 0.3) is 10.9 Å². The van der Waals surface area contributed by atoms with E-state index in [2.05, 4.69) is 16.8 Å². The maximum absolute atomic E-state index is 13.1. The molecule has 2 aromatic carbocycles. The van der Waals surface area contributed by atoms with Crippen LogP contribution in [-0.2, 0) is 19.1 Å². The van der Waals surface area contributed by atoms with Gasteiger partial charge in [0.15, 0.2) is 5.79 Å². The number of fused-ring (bicyclic) bond motifs is 2. The molecular weight excluding hydrogens is 397 g/mol. The molecular formula is C22H17F3N2O3. The Morgan fingerprint density at radius 1 is 1.07 bits per heavy atom. The number of benzene rings is 2. The molecule has 2 heterocycles. The standard InChI is InChI=1S/C22H17F3N2O3/c23-22(24,25)17-4-2-1-3-15(17)7-5-14-6-8-16-18(13-14)26-19-9-10-21(29,30)11-12-27(19)20(16)28/h1-4,6,8,13,29-30H,9-12H2. The first-order chi connectivity index (χ1) is 14.1. The number of hydrogen-bond donors (Lipinski definition) is 2. The Kier molecular flexibility index (Phi) is 4.88. The van der Waals surface area contributed by atoms with Crippen LogP contribution in [0, 0.1) is 11.8 Å². The highest BCUT2D eigenvalue weighted by atomic mass is 19.4. The second-order valence-corrected chi connectivity index (χ2v) is 7.24. The van der Waals surface area contributed by atoms with Crippen molar-refractivity contribution in [3.05, 3.63) is 75.3 Å². The predicted octanol–water partition coefficient (Wildman–Crippen LogP) is 2.83. The summed E-state index contributed by atoms with van der Waals surface area (Å²) in [6, 6.07) is 9.72. The lowest BCUT2D eigenvalue weighted by Crippen LogP contribution is -2.29. The molecule has 1 aliphatic rings. The van der Waals surface area contributed by atoms with Crippen molar-refractivity contribution in [1.82, 2.24) is 9.55 Å². The third-order valence-electron chi connectivity index (χ3n) is 5.09. The molecule has 0 atom stereocenters. The van der Waals surface area contributed by atoms with Gasteiger partial charge in [0.25, 0.3) is 5.56 Å². The molecule has 30 heavy (non-hydrogen) atoms. The zero-order valence-corrected chi connectivity index (χ0v) is 15.7. The first-order valence-corrected chi connectivity index (χ1v) is 9.30. The van der Waals surface area contributed by atoms with Gasteiger partial charge >= 0.3 is 6.18 Å². The quantitative estimate of drug-likeness (QED) is 0.438. The minimum absolute atomic E-state index is 0.0231. The fraction of sp³-hybridized carbons (Fsp3) is 0.273. The van der Waals surface area contributed by atoms with Crippen LogP contribution in [0.15, 0.2) is 47.3 Å². The van der Waals surface area contributed by atoms with Crippen molar-refractivity contribution in [2.75, 3.05) is 0 Å². The van der Waals surface area contributed by atoms with E-state index in [0.29, 0.717) is 22.3 Å². The zero-order chi connectivity index (χ0) is 21.5. The van der Waals surface area contributed by atoms with Gasteiger partial charge in [0, 0.05) is 36.9 Å². The fourth-order valence-corrected chi connectivity index (χ4v) is 3.47. The number of halogens is 3. The monoisotopic (exact) mass is 414 g/mol. The molecule has 0 saturated carbocycles. The Hall–Kier alpha value is -3.15. The summed E-state index contributed by atoms with van der Waals surface area (Å²) in [5.74, 6) is 3.85. The van der Waals surface area contributed by atoms with Gasteiger partial charge in [-0.3, -0.25) is 9.36 Å². The van der Waals surface area contributed by atoms with E-state index in [-0.39, 0.29) is 36.9 Å². The third-order valence-corrected chi connectivity index (χ3v) is 5.09. The van der Waals surface area contributed by atoms with Crippen LogP contribution < -0.4 is 5.56 Å². The highest BCUT2D eigenvalue weighted by Gasteiger charge is 2.32. The SMILES string of the molecule is O=c1c2ccc(C#Cc3ccccc3C(F)(F)F)cc2nc2n1CCC(O)(O)CC2. The van der Waals surface area contributed by atoms with Crippen LogP contribution in [0.3, 0.4) is 0 Å². The lowest BCUT2D eigenvalue weighted by Gasteiger charge is -2.17. The minimum Gasteiger partial charge on any atom is -0.366 e. The van der Waals surface area contributed by atoms with Crippen LogP contribution in [-0.4, -0.2) is 25.6 Å². The van der Waals surface area contributed by atoms with Gasteiger partial charge in [0.1, 0.15) is 5.82 Å². The van der Waals surface area contributed by atoms with Crippen molar-refractivity contribution in [2.45, 2.75) is 37.8 Å². The minimum atomic E-state index is -4.50. The van der Waals surface area contributed by atoms with Crippen molar-refractivity contribution in [1.29, 1.82) is 0 Å². The molecule has 0 aliphatic carbocycles. The van der Waals surface area contributed by atoms with Gasteiger partial charge in [-0.1, -0.05) is 24.0 Å². The van der Waals surface area contributed by atoms with Gasteiger partial charge in [0.2, 0.25) is 0 Å². The summed E-state index contributed by atoms with van der Waals surface area (Å²) < 4.78 is 40.8. The maximum atomic E-state index is 13.1. The van der Waals surface area contributed by atoms with Crippen LogP contribution in [0.2, 0.25) is 0 Å². The highest BCUT2D eigenvalue weighted by Crippen LogP contribution is 2.31. The molecule has 0 bridgehead atoms. The number of alkyl halides is 3. The Bertz CT molecular complexity index is 1250. The van der Waals surface area contributed by atoms with Crippen molar-refractivity contribution >= 4 is 10.9 Å². The molecule has 1 aliphatic heterocycles. The van der Waals surface area contributed by atoms with Gasteiger partial charge in [-0.05, 0) is 30.3 Å². The van der Waals surface area contributed by atoms with Gasteiger partial charge in [-0.15, -0.1) is 0 Å². The first kappa shape index (κ1) is 20.1.